The molecule has 0 saturated carbocycles. The maximum Gasteiger partial charge on any atom is 0.390 e. The maximum absolute atomic E-state index is 10.9. The van der Waals surface area contributed by atoms with E-state index in [-0.39, 0.29) is 24.0 Å². The molecule has 1 rings (SSSR count). The van der Waals surface area contributed by atoms with Crippen molar-refractivity contribution in [3.05, 3.63) is 21.9 Å². The highest BCUT2D eigenvalue weighted by Crippen LogP contribution is 2.15. The number of rotatable bonds is 7. The van der Waals surface area contributed by atoms with E-state index in [1.54, 1.807) is 0 Å². The standard InChI is InChI=1S/C9H13N3O6S2/c1-7(13)19-4-3-11-8(6-18-20(2,16)17)5-9(10-11)12(14)15/h5H,3-4,6H2,1-2H3. The minimum absolute atomic E-state index is 0.0828. The number of nitro groups is 1. The molecule has 1 aromatic heterocycles. The van der Waals surface area contributed by atoms with Crippen molar-refractivity contribution in [3.63, 3.8) is 0 Å². The van der Waals surface area contributed by atoms with Gasteiger partial charge in [0.25, 0.3) is 10.1 Å². The summed E-state index contributed by atoms with van der Waals surface area (Å²) in [5.41, 5.74) is 0.256. The summed E-state index contributed by atoms with van der Waals surface area (Å²) in [5.74, 6) is -0.0232. The average Bonchev–Trinajstić information content (AvgIpc) is 2.68. The largest absolute Gasteiger partial charge is 0.390 e. The molecular formula is C9H13N3O6S2. The monoisotopic (exact) mass is 323 g/mol. The Morgan fingerprint density at radius 2 is 2.25 bits per heavy atom. The van der Waals surface area contributed by atoms with Gasteiger partial charge in [0.15, 0.2) is 5.12 Å². The van der Waals surface area contributed by atoms with Crippen LogP contribution in [0, 0.1) is 10.1 Å². The van der Waals surface area contributed by atoms with E-state index < -0.39 is 20.9 Å². The van der Waals surface area contributed by atoms with Crippen LogP contribution in [0.3, 0.4) is 0 Å². The fourth-order valence-corrected chi connectivity index (χ4v) is 2.17. The Kier molecular flexibility index (Phi) is 5.65. The predicted molar refractivity (Wildman–Crippen MR) is 71.7 cm³/mol. The van der Waals surface area contributed by atoms with Gasteiger partial charge in [-0.2, -0.15) is 13.1 Å². The van der Waals surface area contributed by atoms with Crippen LogP contribution in [0.2, 0.25) is 0 Å². The van der Waals surface area contributed by atoms with Crippen molar-refractivity contribution in [2.45, 2.75) is 20.1 Å². The maximum atomic E-state index is 10.9. The molecule has 0 saturated heterocycles. The number of aromatic nitrogens is 2. The molecule has 0 aliphatic carbocycles. The summed E-state index contributed by atoms with van der Waals surface area (Å²) in [6.45, 7) is 1.30. The molecule has 0 fully saturated rings. The molecule has 0 unspecified atom stereocenters. The fraction of sp³-hybridized carbons (Fsp3) is 0.556. The van der Waals surface area contributed by atoms with Gasteiger partial charge in [0.1, 0.15) is 6.61 Å². The highest BCUT2D eigenvalue weighted by atomic mass is 32.2. The molecule has 1 aromatic rings. The van der Waals surface area contributed by atoms with Crippen LogP contribution < -0.4 is 0 Å². The number of carbonyl (C=O) groups is 1. The second-order valence-electron chi connectivity index (χ2n) is 3.78. The van der Waals surface area contributed by atoms with Crippen LogP contribution in [0.4, 0.5) is 5.82 Å². The van der Waals surface area contributed by atoms with Gasteiger partial charge in [0.05, 0.1) is 29.7 Å². The van der Waals surface area contributed by atoms with Crippen LogP contribution in [-0.4, -0.2) is 40.2 Å². The molecule has 9 nitrogen and oxygen atoms in total. The molecule has 1 heterocycles. The summed E-state index contributed by atoms with van der Waals surface area (Å²) in [5, 5.41) is 14.3. The number of aryl methyl sites for hydroxylation is 1. The van der Waals surface area contributed by atoms with E-state index in [9.17, 15) is 23.3 Å². The van der Waals surface area contributed by atoms with Gasteiger partial charge in [0.2, 0.25) is 0 Å². The first-order valence-corrected chi connectivity index (χ1v) is 8.18. The lowest BCUT2D eigenvalue weighted by Crippen LogP contribution is -2.11. The van der Waals surface area contributed by atoms with Crippen molar-refractivity contribution in [2.24, 2.45) is 0 Å². The smallest absolute Gasteiger partial charge is 0.358 e. The topological polar surface area (TPSA) is 121 Å². The Hall–Kier alpha value is -1.46. The number of nitrogens with zero attached hydrogens (tertiary/aromatic N) is 3. The van der Waals surface area contributed by atoms with Crippen molar-refractivity contribution in [2.75, 3.05) is 12.0 Å². The zero-order valence-electron chi connectivity index (χ0n) is 10.8. The van der Waals surface area contributed by atoms with Gasteiger partial charge in [-0.3, -0.25) is 8.98 Å². The van der Waals surface area contributed by atoms with E-state index >= 15 is 0 Å². The predicted octanol–water partition coefficient (Wildman–Crippen LogP) is 0.547. The van der Waals surface area contributed by atoms with Gasteiger partial charge in [-0.15, -0.1) is 0 Å². The van der Waals surface area contributed by atoms with Crippen LogP contribution in [0.25, 0.3) is 0 Å². The third-order valence-corrected chi connectivity index (χ3v) is 3.41. The van der Waals surface area contributed by atoms with Gasteiger partial charge in [0, 0.05) is 12.7 Å². The second-order valence-corrected chi connectivity index (χ2v) is 6.70. The number of carbonyl (C=O) groups excluding carboxylic acids is 1. The molecule has 0 aliphatic rings. The first-order chi connectivity index (χ1) is 9.19. The minimum atomic E-state index is -3.65. The molecular weight excluding hydrogens is 310 g/mol. The van der Waals surface area contributed by atoms with Crippen LogP contribution in [-0.2, 0) is 32.2 Å². The van der Waals surface area contributed by atoms with Crippen LogP contribution in [0.1, 0.15) is 12.6 Å². The molecule has 0 bridgehead atoms. The molecule has 11 heteroatoms. The summed E-state index contributed by atoms with van der Waals surface area (Å²) in [4.78, 5) is 20.8. The van der Waals surface area contributed by atoms with Crippen LogP contribution in [0.5, 0.6) is 0 Å². The van der Waals surface area contributed by atoms with Gasteiger partial charge < -0.3 is 10.1 Å². The first kappa shape index (κ1) is 16.6. The molecule has 0 spiro atoms. The highest BCUT2D eigenvalue weighted by molar-refractivity contribution is 8.13. The number of hydrogen-bond donors (Lipinski definition) is 0. The first-order valence-electron chi connectivity index (χ1n) is 5.38. The minimum Gasteiger partial charge on any atom is -0.358 e. The molecule has 20 heavy (non-hydrogen) atoms. The lowest BCUT2D eigenvalue weighted by molar-refractivity contribution is -0.389. The number of hydrogen-bond acceptors (Lipinski definition) is 8. The van der Waals surface area contributed by atoms with E-state index in [0.717, 1.165) is 24.1 Å². The summed E-state index contributed by atoms with van der Waals surface area (Å²) >= 11 is 1.05. The molecule has 0 radical (unpaired) electrons. The Labute approximate surface area is 119 Å². The lowest BCUT2D eigenvalue weighted by atomic mass is 10.4. The lowest BCUT2D eigenvalue weighted by Gasteiger charge is -2.02. The third-order valence-electron chi connectivity index (χ3n) is 2.07. The van der Waals surface area contributed by atoms with Crippen molar-refractivity contribution in [3.8, 4) is 0 Å². The van der Waals surface area contributed by atoms with Crippen molar-refractivity contribution >= 4 is 32.8 Å². The van der Waals surface area contributed by atoms with E-state index in [2.05, 4.69) is 9.28 Å². The Morgan fingerprint density at radius 3 is 2.75 bits per heavy atom. The van der Waals surface area contributed by atoms with E-state index in [1.807, 2.05) is 0 Å². The summed E-state index contributed by atoms with van der Waals surface area (Å²) in [7, 11) is -3.65. The molecule has 0 N–H and O–H groups in total. The molecule has 0 aliphatic heterocycles. The average molecular weight is 323 g/mol. The Balaban J connectivity index is 2.83. The van der Waals surface area contributed by atoms with Crippen molar-refractivity contribution in [1.82, 2.24) is 9.78 Å². The highest BCUT2D eigenvalue weighted by Gasteiger charge is 2.19. The Bertz CT molecular complexity index is 609. The van der Waals surface area contributed by atoms with E-state index in [1.165, 1.54) is 11.6 Å². The molecule has 0 amide bonds. The SMILES string of the molecule is CC(=O)SCCn1nc([N+](=O)[O-])cc1COS(C)(=O)=O. The van der Waals surface area contributed by atoms with Gasteiger partial charge in [-0.25, -0.2) is 0 Å². The molecule has 0 atom stereocenters. The van der Waals surface area contributed by atoms with Crippen LogP contribution >= 0.6 is 11.8 Å². The van der Waals surface area contributed by atoms with Crippen molar-refractivity contribution < 1.29 is 22.3 Å². The molecule has 0 aromatic carbocycles. The zero-order valence-corrected chi connectivity index (χ0v) is 12.4. The number of thioether (sulfide) groups is 1. The summed E-state index contributed by atoms with van der Waals surface area (Å²) in [6, 6.07) is 1.14. The van der Waals surface area contributed by atoms with Crippen LogP contribution in [0.15, 0.2) is 6.07 Å². The normalized spacial score (nSPS) is 11.5. The quantitative estimate of drug-likeness (QED) is 0.405. The summed E-state index contributed by atoms with van der Waals surface area (Å²) < 4.78 is 27.7. The zero-order chi connectivity index (χ0) is 15.3. The molecule has 112 valence electrons. The Morgan fingerprint density at radius 1 is 1.60 bits per heavy atom. The van der Waals surface area contributed by atoms with Gasteiger partial charge in [-0.1, -0.05) is 11.8 Å². The van der Waals surface area contributed by atoms with Gasteiger partial charge >= 0.3 is 5.82 Å². The summed E-state index contributed by atoms with van der Waals surface area (Å²) in [6.07, 6.45) is 0.883. The van der Waals surface area contributed by atoms with Crippen molar-refractivity contribution in [1.29, 1.82) is 0 Å². The van der Waals surface area contributed by atoms with Gasteiger partial charge in [-0.05, 0) is 4.92 Å². The second kappa shape index (κ2) is 6.81. The van der Waals surface area contributed by atoms with E-state index in [4.69, 9.17) is 0 Å². The third kappa shape index (κ3) is 5.67. The fourth-order valence-electron chi connectivity index (χ4n) is 1.28. The van der Waals surface area contributed by atoms with E-state index in [0.29, 0.717) is 5.75 Å².